The van der Waals surface area contributed by atoms with Gasteiger partial charge in [0.15, 0.2) is 5.69 Å². The molecule has 0 saturated carbocycles. The molecule has 1 amide bonds. The number of nitrogens with zero attached hydrogens (tertiary/aromatic N) is 2. The zero-order valence-corrected chi connectivity index (χ0v) is 12.4. The van der Waals surface area contributed by atoms with Crippen LogP contribution < -0.4 is 5.73 Å². The van der Waals surface area contributed by atoms with Gasteiger partial charge in [0.2, 0.25) is 5.89 Å². The first-order chi connectivity index (χ1) is 9.74. The molecule has 1 aromatic carbocycles. The number of nitrogens with two attached hydrogens (primary N) is 1. The molecule has 5 nitrogen and oxygen atoms in total. The summed E-state index contributed by atoms with van der Waals surface area (Å²) in [7, 11) is 0. The van der Waals surface area contributed by atoms with Crippen molar-refractivity contribution in [2.24, 2.45) is 5.73 Å². The molecule has 1 aliphatic rings. The van der Waals surface area contributed by atoms with Gasteiger partial charge >= 0.3 is 0 Å². The third kappa shape index (κ3) is 3.43. The van der Waals surface area contributed by atoms with Gasteiger partial charge in [0.25, 0.3) is 5.91 Å². The van der Waals surface area contributed by atoms with E-state index in [1.54, 1.807) is 4.90 Å². The number of rotatable bonds is 2. The van der Waals surface area contributed by atoms with Gasteiger partial charge < -0.3 is 15.1 Å². The minimum absolute atomic E-state index is 0. The van der Waals surface area contributed by atoms with E-state index in [9.17, 15) is 4.79 Å². The molecule has 0 bridgehead atoms. The van der Waals surface area contributed by atoms with Crippen LogP contribution in [-0.2, 0) is 0 Å². The number of benzene rings is 1. The fourth-order valence-corrected chi connectivity index (χ4v) is 2.35. The second kappa shape index (κ2) is 6.74. The van der Waals surface area contributed by atoms with E-state index in [2.05, 4.69) is 4.98 Å². The lowest BCUT2D eigenvalue weighted by Gasteiger charge is -2.29. The van der Waals surface area contributed by atoms with Gasteiger partial charge in [-0.2, -0.15) is 0 Å². The van der Waals surface area contributed by atoms with Gasteiger partial charge in [0, 0.05) is 24.7 Å². The molecule has 2 N–H and O–H groups in total. The Balaban J connectivity index is 0.00000161. The van der Waals surface area contributed by atoms with Crippen LogP contribution in [0.2, 0.25) is 0 Å². The van der Waals surface area contributed by atoms with E-state index in [-0.39, 0.29) is 24.4 Å². The zero-order chi connectivity index (χ0) is 13.9. The van der Waals surface area contributed by atoms with Crippen LogP contribution >= 0.6 is 12.4 Å². The summed E-state index contributed by atoms with van der Waals surface area (Å²) in [5.74, 6) is 0.394. The largest absolute Gasteiger partial charge is 0.444 e. The van der Waals surface area contributed by atoms with E-state index in [1.807, 2.05) is 30.3 Å². The number of hydrogen-bond donors (Lipinski definition) is 1. The van der Waals surface area contributed by atoms with Crippen molar-refractivity contribution in [1.29, 1.82) is 0 Å². The molecule has 1 saturated heterocycles. The van der Waals surface area contributed by atoms with Crippen molar-refractivity contribution >= 4 is 18.3 Å². The highest BCUT2D eigenvalue weighted by molar-refractivity contribution is 5.92. The van der Waals surface area contributed by atoms with Gasteiger partial charge in [0.05, 0.1) is 0 Å². The van der Waals surface area contributed by atoms with Crippen LogP contribution in [-0.4, -0.2) is 34.9 Å². The fraction of sp³-hybridized carbons (Fsp3) is 0.333. The van der Waals surface area contributed by atoms with Crippen LogP contribution in [0.4, 0.5) is 0 Å². The van der Waals surface area contributed by atoms with Gasteiger partial charge in [-0.15, -0.1) is 12.4 Å². The number of carbonyl (C=O) groups is 1. The Hall–Kier alpha value is -1.85. The summed E-state index contributed by atoms with van der Waals surface area (Å²) < 4.78 is 5.40. The van der Waals surface area contributed by atoms with Gasteiger partial charge in [0.1, 0.15) is 6.26 Å². The van der Waals surface area contributed by atoms with Crippen LogP contribution in [0, 0.1) is 0 Å². The lowest BCUT2D eigenvalue weighted by Crippen LogP contribution is -2.42. The second-order valence-electron chi connectivity index (χ2n) is 5.03. The summed E-state index contributed by atoms with van der Waals surface area (Å²) >= 11 is 0. The highest BCUT2D eigenvalue weighted by Gasteiger charge is 2.24. The summed E-state index contributed by atoms with van der Waals surface area (Å²) in [6, 6.07) is 9.76. The minimum Gasteiger partial charge on any atom is -0.444 e. The van der Waals surface area contributed by atoms with Crippen molar-refractivity contribution in [3.63, 3.8) is 0 Å². The topological polar surface area (TPSA) is 72.4 Å². The summed E-state index contributed by atoms with van der Waals surface area (Å²) in [6.45, 7) is 1.38. The quantitative estimate of drug-likeness (QED) is 0.924. The monoisotopic (exact) mass is 307 g/mol. The third-order valence-electron chi connectivity index (χ3n) is 3.57. The molecule has 6 heteroatoms. The lowest BCUT2D eigenvalue weighted by atomic mass is 10.1. The molecule has 112 valence electrons. The van der Waals surface area contributed by atoms with Crippen molar-refractivity contribution in [1.82, 2.24) is 9.88 Å². The smallest absolute Gasteiger partial charge is 0.275 e. The normalized spacial score (nSPS) is 15.6. The van der Waals surface area contributed by atoms with Crippen LogP contribution in [0.5, 0.6) is 0 Å². The Morgan fingerprint density at radius 3 is 2.57 bits per heavy atom. The van der Waals surface area contributed by atoms with E-state index in [4.69, 9.17) is 10.2 Å². The summed E-state index contributed by atoms with van der Waals surface area (Å²) in [6.07, 6.45) is 3.11. The zero-order valence-electron chi connectivity index (χ0n) is 11.6. The Morgan fingerprint density at radius 1 is 1.24 bits per heavy atom. The number of amides is 1. The maximum atomic E-state index is 12.3. The number of likely N-dealkylation sites (tertiary alicyclic amines) is 1. The van der Waals surface area contributed by atoms with Crippen LogP contribution in [0.3, 0.4) is 0 Å². The molecular weight excluding hydrogens is 290 g/mol. The molecular formula is C15H18ClN3O2. The lowest BCUT2D eigenvalue weighted by molar-refractivity contribution is 0.0709. The maximum Gasteiger partial charge on any atom is 0.275 e. The summed E-state index contributed by atoms with van der Waals surface area (Å²) in [5, 5.41) is 0. The molecule has 2 heterocycles. The van der Waals surface area contributed by atoms with Crippen molar-refractivity contribution in [3.8, 4) is 11.5 Å². The van der Waals surface area contributed by atoms with Crippen LogP contribution in [0.15, 0.2) is 41.0 Å². The minimum atomic E-state index is -0.0807. The SMILES string of the molecule is Cl.NC1CCN(C(=O)c2coc(-c3ccccc3)n2)CC1. The van der Waals surface area contributed by atoms with Crippen LogP contribution in [0.25, 0.3) is 11.5 Å². The van der Waals surface area contributed by atoms with Gasteiger partial charge in [-0.25, -0.2) is 4.98 Å². The molecule has 1 fully saturated rings. The Morgan fingerprint density at radius 2 is 1.90 bits per heavy atom. The highest BCUT2D eigenvalue weighted by Crippen LogP contribution is 2.19. The van der Waals surface area contributed by atoms with E-state index in [0.717, 1.165) is 18.4 Å². The average molecular weight is 308 g/mol. The molecule has 0 radical (unpaired) electrons. The first kappa shape index (κ1) is 15.5. The standard InChI is InChI=1S/C15H17N3O2.ClH/c16-12-6-8-18(9-7-12)15(19)13-10-20-14(17-13)11-4-2-1-3-5-11;/h1-5,10,12H,6-9,16H2;1H. The van der Waals surface area contributed by atoms with Crippen molar-refractivity contribution < 1.29 is 9.21 Å². The number of carbonyl (C=O) groups excluding carboxylic acids is 1. The van der Waals surface area contributed by atoms with Crippen molar-refractivity contribution in [2.45, 2.75) is 18.9 Å². The number of hydrogen-bond acceptors (Lipinski definition) is 4. The number of piperidine rings is 1. The fourth-order valence-electron chi connectivity index (χ4n) is 2.35. The Labute approximate surface area is 129 Å². The van der Waals surface area contributed by atoms with E-state index >= 15 is 0 Å². The number of halogens is 1. The molecule has 3 rings (SSSR count). The predicted octanol–water partition coefficient (Wildman–Crippen LogP) is 2.33. The van der Waals surface area contributed by atoms with Gasteiger partial charge in [-0.1, -0.05) is 18.2 Å². The van der Waals surface area contributed by atoms with Crippen molar-refractivity contribution in [3.05, 3.63) is 42.3 Å². The molecule has 1 aromatic heterocycles. The summed E-state index contributed by atoms with van der Waals surface area (Å²) in [4.78, 5) is 18.4. The summed E-state index contributed by atoms with van der Waals surface area (Å²) in [5.41, 5.74) is 7.07. The maximum absolute atomic E-state index is 12.3. The molecule has 0 spiro atoms. The highest BCUT2D eigenvalue weighted by atomic mass is 35.5. The molecule has 2 aromatic rings. The Bertz CT molecular complexity index is 592. The van der Waals surface area contributed by atoms with E-state index in [1.165, 1.54) is 6.26 Å². The molecule has 21 heavy (non-hydrogen) atoms. The van der Waals surface area contributed by atoms with E-state index in [0.29, 0.717) is 24.7 Å². The molecule has 1 aliphatic heterocycles. The van der Waals surface area contributed by atoms with E-state index < -0.39 is 0 Å². The Kier molecular flexibility index (Phi) is 4.98. The first-order valence-corrected chi connectivity index (χ1v) is 6.80. The van der Waals surface area contributed by atoms with Crippen molar-refractivity contribution in [2.75, 3.05) is 13.1 Å². The average Bonchev–Trinajstić information content (AvgIpc) is 2.98. The van der Waals surface area contributed by atoms with Crippen LogP contribution in [0.1, 0.15) is 23.3 Å². The third-order valence-corrected chi connectivity index (χ3v) is 3.57. The number of aromatic nitrogens is 1. The second-order valence-corrected chi connectivity index (χ2v) is 5.03. The first-order valence-electron chi connectivity index (χ1n) is 6.80. The van der Waals surface area contributed by atoms with Gasteiger partial charge in [-0.05, 0) is 25.0 Å². The molecule has 0 atom stereocenters. The molecule has 0 unspecified atom stereocenters. The van der Waals surface area contributed by atoms with Gasteiger partial charge in [-0.3, -0.25) is 4.79 Å². The predicted molar refractivity (Wildman–Crippen MR) is 82.3 cm³/mol. The number of oxazole rings is 1. The molecule has 0 aliphatic carbocycles.